The van der Waals surface area contributed by atoms with E-state index in [0.29, 0.717) is 0 Å². The van der Waals surface area contributed by atoms with E-state index in [-0.39, 0.29) is 0 Å². The monoisotopic (exact) mass is 380 g/mol. The molecule has 0 aliphatic carbocycles. The zero-order chi connectivity index (χ0) is 19.8. The maximum absolute atomic E-state index is 4.77. The standard InChI is InChI=1S/C23H20N6/c1-28-14-18(16-6-4-3-5-7-16)11-23(28)27-22-9-8-20-21(26-22)10-17(12-24-20)19-13-25-29(2)15-19/h3-15H,1-2H3,(H,26,27). The Kier molecular flexibility index (Phi) is 4.09. The van der Waals surface area contributed by atoms with E-state index in [9.17, 15) is 0 Å². The molecule has 0 bridgehead atoms. The molecule has 0 saturated carbocycles. The van der Waals surface area contributed by atoms with Gasteiger partial charge in [0.15, 0.2) is 0 Å². The minimum Gasteiger partial charge on any atom is -0.337 e. The molecule has 0 amide bonds. The molecule has 0 aliphatic rings. The lowest BCUT2D eigenvalue weighted by molar-refractivity contribution is 0.768. The van der Waals surface area contributed by atoms with E-state index in [4.69, 9.17) is 4.98 Å². The predicted molar refractivity (Wildman–Crippen MR) is 116 cm³/mol. The molecular formula is C23H20N6. The molecule has 4 aromatic heterocycles. The van der Waals surface area contributed by atoms with Gasteiger partial charge in [-0.3, -0.25) is 9.67 Å². The molecule has 1 aromatic carbocycles. The van der Waals surface area contributed by atoms with Crippen molar-refractivity contribution in [2.24, 2.45) is 14.1 Å². The van der Waals surface area contributed by atoms with Gasteiger partial charge in [-0.15, -0.1) is 0 Å². The van der Waals surface area contributed by atoms with Crippen LogP contribution in [0.4, 0.5) is 11.6 Å². The third-order valence-corrected chi connectivity index (χ3v) is 4.94. The summed E-state index contributed by atoms with van der Waals surface area (Å²) in [6.07, 6.45) is 7.78. The Morgan fingerprint density at radius 2 is 1.62 bits per heavy atom. The van der Waals surface area contributed by atoms with Crippen LogP contribution in [-0.2, 0) is 14.1 Å². The van der Waals surface area contributed by atoms with Gasteiger partial charge in [0.1, 0.15) is 11.6 Å². The highest BCUT2D eigenvalue weighted by atomic mass is 15.2. The number of fused-ring (bicyclic) bond motifs is 1. The molecule has 6 nitrogen and oxygen atoms in total. The van der Waals surface area contributed by atoms with E-state index in [1.54, 1.807) is 4.68 Å². The first-order valence-electron chi connectivity index (χ1n) is 9.40. The van der Waals surface area contributed by atoms with E-state index < -0.39 is 0 Å². The van der Waals surface area contributed by atoms with Gasteiger partial charge in [-0.1, -0.05) is 30.3 Å². The summed E-state index contributed by atoms with van der Waals surface area (Å²) in [5.41, 5.74) is 6.08. The molecule has 4 heterocycles. The minimum absolute atomic E-state index is 0.781. The highest BCUT2D eigenvalue weighted by molar-refractivity contribution is 5.82. The Balaban J connectivity index is 1.47. The summed E-state index contributed by atoms with van der Waals surface area (Å²) in [6.45, 7) is 0. The van der Waals surface area contributed by atoms with E-state index in [1.165, 1.54) is 5.56 Å². The van der Waals surface area contributed by atoms with Crippen molar-refractivity contribution in [3.8, 4) is 22.3 Å². The number of anilines is 2. The van der Waals surface area contributed by atoms with Crippen molar-refractivity contribution in [1.82, 2.24) is 24.3 Å². The number of hydrogen-bond donors (Lipinski definition) is 1. The molecule has 0 atom stereocenters. The summed E-state index contributed by atoms with van der Waals surface area (Å²) < 4.78 is 3.85. The van der Waals surface area contributed by atoms with Gasteiger partial charge >= 0.3 is 0 Å². The average Bonchev–Trinajstić information content (AvgIpc) is 3.34. The lowest BCUT2D eigenvalue weighted by Crippen LogP contribution is -1.99. The van der Waals surface area contributed by atoms with Crippen molar-refractivity contribution in [3.05, 3.63) is 79.4 Å². The summed E-state index contributed by atoms with van der Waals surface area (Å²) in [5.74, 6) is 1.76. The second-order valence-electron chi connectivity index (χ2n) is 7.08. The Labute approximate surface area is 168 Å². The molecular weight excluding hydrogens is 360 g/mol. The Morgan fingerprint density at radius 1 is 0.759 bits per heavy atom. The number of aromatic nitrogens is 5. The van der Waals surface area contributed by atoms with Crippen LogP contribution in [0, 0.1) is 0 Å². The molecule has 5 rings (SSSR count). The molecule has 29 heavy (non-hydrogen) atoms. The number of hydrogen-bond acceptors (Lipinski definition) is 4. The van der Waals surface area contributed by atoms with Crippen LogP contribution in [0.3, 0.4) is 0 Å². The number of rotatable bonds is 4. The molecule has 0 spiro atoms. The van der Waals surface area contributed by atoms with E-state index >= 15 is 0 Å². The first-order chi connectivity index (χ1) is 14.2. The fourth-order valence-electron chi connectivity index (χ4n) is 3.41. The first kappa shape index (κ1) is 17.2. The van der Waals surface area contributed by atoms with Crippen LogP contribution in [-0.4, -0.2) is 24.3 Å². The first-order valence-corrected chi connectivity index (χ1v) is 9.40. The summed E-state index contributed by atoms with van der Waals surface area (Å²) >= 11 is 0. The topological polar surface area (TPSA) is 60.6 Å². The lowest BCUT2D eigenvalue weighted by Gasteiger charge is -2.08. The summed E-state index contributed by atoms with van der Waals surface area (Å²) in [5, 5.41) is 7.66. The fraction of sp³-hybridized carbons (Fsp3) is 0.0870. The van der Waals surface area contributed by atoms with Crippen LogP contribution in [0.25, 0.3) is 33.3 Å². The minimum atomic E-state index is 0.781. The van der Waals surface area contributed by atoms with Gasteiger partial charge in [-0.25, -0.2) is 4.98 Å². The molecule has 0 fully saturated rings. The Bertz CT molecular complexity index is 1300. The smallest absolute Gasteiger partial charge is 0.132 e. The van der Waals surface area contributed by atoms with E-state index in [2.05, 4.69) is 44.4 Å². The van der Waals surface area contributed by atoms with Gasteiger partial charge in [-0.05, 0) is 29.8 Å². The second kappa shape index (κ2) is 6.91. The highest BCUT2D eigenvalue weighted by Crippen LogP contribution is 2.27. The molecule has 0 unspecified atom stereocenters. The molecule has 0 radical (unpaired) electrons. The van der Waals surface area contributed by atoms with Crippen molar-refractivity contribution in [1.29, 1.82) is 0 Å². The number of nitrogens with one attached hydrogen (secondary N) is 1. The molecule has 5 aromatic rings. The molecule has 1 N–H and O–H groups in total. The molecule has 0 saturated heterocycles. The van der Waals surface area contributed by atoms with Gasteiger partial charge in [0.05, 0.1) is 17.2 Å². The van der Waals surface area contributed by atoms with Crippen LogP contribution < -0.4 is 5.32 Å². The number of nitrogens with zero attached hydrogens (tertiary/aromatic N) is 5. The van der Waals surface area contributed by atoms with Crippen molar-refractivity contribution in [2.75, 3.05) is 5.32 Å². The quantitative estimate of drug-likeness (QED) is 0.487. The maximum atomic E-state index is 4.77. The summed E-state index contributed by atoms with van der Waals surface area (Å²) in [6, 6.07) is 18.5. The van der Waals surface area contributed by atoms with Crippen LogP contribution in [0.1, 0.15) is 0 Å². The van der Waals surface area contributed by atoms with E-state index in [0.717, 1.165) is 39.4 Å². The summed E-state index contributed by atoms with van der Waals surface area (Å²) in [7, 11) is 3.93. The van der Waals surface area contributed by atoms with Crippen molar-refractivity contribution < 1.29 is 0 Å². The third-order valence-electron chi connectivity index (χ3n) is 4.94. The van der Waals surface area contributed by atoms with Crippen molar-refractivity contribution in [3.63, 3.8) is 0 Å². The SMILES string of the molecule is Cn1cc(-c2cnc3ccc(Nc4cc(-c5ccccc5)cn4C)nc3c2)cn1. The number of pyridine rings is 2. The second-order valence-corrected chi connectivity index (χ2v) is 7.08. The van der Waals surface area contributed by atoms with Gasteiger partial charge in [0.25, 0.3) is 0 Å². The highest BCUT2D eigenvalue weighted by Gasteiger charge is 2.08. The van der Waals surface area contributed by atoms with Gasteiger partial charge < -0.3 is 9.88 Å². The Morgan fingerprint density at radius 3 is 2.41 bits per heavy atom. The molecule has 6 heteroatoms. The predicted octanol–water partition coefficient (Wildman–Crippen LogP) is 4.78. The molecule has 142 valence electrons. The lowest BCUT2D eigenvalue weighted by atomic mass is 10.1. The number of aryl methyl sites for hydroxylation is 2. The van der Waals surface area contributed by atoms with Gasteiger partial charge in [-0.2, -0.15) is 5.10 Å². The summed E-state index contributed by atoms with van der Waals surface area (Å²) in [4.78, 5) is 9.32. The maximum Gasteiger partial charge on any atom is 0.132 e. The van der Waals surface area contributed by atoms with Crippen LogP contribution in [0.5, 0.6) is 0 Å². The van der Waals surface area contributed by atoms with Gasteiger partial charge in [0, 0.05) is 49.4 Å². The van der Waals surface area contributed by atoms with Crippen LogP contribution >= 0.6 is 0 Å². The third kappa shape index (κ3) is 3.36. The van der Waals surface area contributed by atoms with E-state index in [1.807, 2.05) is 69.1 Å². The van der Waals surface area contributed by atoms with Gasteiger partial charge in [0.2, 0.25) is 0 Å². The normalized spacial score (nSPS) is 11.1. The fourth-order valence-corrected chi connectivity index (χ4v) is 3.41. The zero-order valence-electron chi connectivity index (χ0n) is 16.2. The van der Waals surface area contributed by atoms with Crippen molar-refractivity contribution in [2.45, 2.75) is 0 Å². The van der Waals surface area contributed by atoms with Crippen molar-refractivity contribution >= 4 is 22.7 Å². The average molecular weight is 380 g/mol. The largest absolute Gasteiger partial charge is 0.337 e. The zero-order valence-corrected chi connectivity index (χ0v) is 16.2. The Hall–Kier alpha value is -3.93. The van der Waals surface area contributed by atoms with Crippen LogP contribution in [0.15, 0.2) is 79.4 Å². The number of benzene rings is 1. The molecule has 0 aliphatic heterocycles. The van der Waals surface area contributed by atoms with Crippen LogP contribution in [0.2, 0.25) is 0 Å².